The molecule has 1 atom stereocenters. The maximum absolute atomic E-state index is 10.3. The smallest absolute Gasteiger partial charge is 0.234 e. The molecule has 0 saturated heterocycles. The largest absolute Gasteiger partial charge is 0.369 e. The molecule has 0 fully saturated rings. The Bertz CT molecular complexity index is 303. The third-order valence-corrected chi connectivity index (χ3v) is 1.90. The molecule has 0 aromatic heterocycles. The predicted octanol–water partition coefficient (Wildman–Crippen LogP) is 2.01. The number of unbranched alkanes of at least 4 members (excludes halogenated alkanes) is 3. The summed E-state index contributed by atoms with van der Waals surface area (Å²) in [4.78, 5) is 10.3. The first-order valence-corrected chi connectivity index (χ1v) is 5.56. The minimum absolute atomic E-state index is 0.514. The number of nitriles is 3. The SMILES string of the molecule is CCCC(C#N)C(N)=O.N#CCCCCC#N. The topological polar surface area (TPSA) is 114 Å². The van der Waals surface area contributed by atoms with E-state index in [0.29, 0.717) is 19.3 Å². The van der Waals surface area contributed by atoms with Crippen LogP contribution in [0.15, 0.2) is 0 Å². The van der Waals surface area contributed by atoms with Gasteiger partial charge in [0, 0.05) is 12.8 Å². The van der Waals surface area contributed by atoms with E-state index < -0.39 is 11.8 Å². The van der Waals surface area contributed by atoms with Crippen molar-refractivity contribution < 1.29 is 4.79 Å². The van der Waals surface area contributed by atoms with Crippen molar-refractivity contribution in [2.45, 2.75) is 45.4 Å². The highest BCUT2D eigenvalue weighted by atomic mass is 16.1. The molecule has 0 radical (unpaired) electrons. The van der Waals surface area contributed by atoms with E-state index in [1.54, 1.807) is 0 Å². The molecule has 1 amide bonds. The molecule has 0 aliphatic heterocycles. The molecule has 17 heavy (non-hydrogen) atoms. The Hall–Kier alpha value is -2.06. The lowest BCUT2D eigenvalue weighted by molar-refractivity contribution is -0.120. The molecule has 0 saturated carbocycles. The van der Waals surface area contributed by atoms with E-state index in [1.165, 1.54) is 0 Å². The Morgan fingerprint density at radius 2 is 1.65 bits per heavy atom. The molecule has 0 bridgehead atoms. The number of nitrogens with two attached hydrogens (primary N) is 1. The fourth-order valence-corrected chi connectivity index (χ4v) is 0.967. The molecular formula is C12H18N4O. The quantitative estimate of drug-likeness (QED) is 0.707. The summed E-state index contributed by atoms with van der Waals surface area (Å²) < 4.78 is 0. The first kappa shape index (κ1) is 17.3. The number of hydrogen-bond acceptors (Lipinski definition) is 4. The lowest BCUT2D eigenvalue weighted by atomic mass is 10.1. The Labute approximate surface area is 102 Å². The number of nitrogens with zero attached hydrogens (tertiary/aromatic N) is 3. The van der Waals surface area contributed by atoms with Gasteiger partial charge in [0.15, 0.2) is 0 Å². The molecule has 0 aliphatic carbocycles. The predicted molar refractivity (Wildman–Crippen MR) is 62.9 cm³/mol. The zero-order valence-corrected chi connectivity index (χ0v) is 10.1. The summed E-state index contributed by atoms with van der Waals surface area (Å²) in [7, 11) is 0. The van der Waals surface area contributed by atoms with Gasteiger partial charge in [0.2, 0.25) is 5.91 Å². The van der Waals surface area contributed by atoms with Gasteiger partial charge in [-0.05, 0) is 19.3 Å². The molecule has 1 unspecified atom stereocenters. The monoisotopic (exact) mass is 234 g/mol. The van der Waals surface area contributed by atoms with E-state index in [0.717, 1.165) is 19.3 Å². The fraction of sp³-hybridized carbons (Fsp3) is 0.667. The number of primary amides is 1. The van der Waals surface area contributed by atoms with Gasteiger partial charge in [-0.15, -0.1) is 0 Å². The van der Waals surface area contributed by atoms with Crippen LogP contribution in [0.2, 0.25) is 0 Å². The summed E-state index contributed by atoms with van der Waals surface area (Å²) in [5.74, 6) is -1.10. The summed E-state index contributed by atoms with van der Waals surface area (Å²) in [5, 5.41) is 24.3. The highest BCUT2D eigenvalue weighted by molar-refractivity contribution is 5.79. The van der Waals surface area contributed by atoms with Crippen LogP contribution < -0.4 is 5.73 Å². The van der Waals surface area contributed by atoms with Crippen molar-refractivity contribution in [2.24, 2.45) is 11.7 Å². The van der Waals surface area contributed by atoms with Crippen molar-refractivity contribution in [1.29, 1.82) is 15.8 Å². The van der Waals surface area contributed by atoms with E-state index in [4.69, 9.17) is 21.5 Å². The van der Waals surface area contributed by atoms with Gasteiger partial charge < -0.3 is 5.73 Å². The van der Waals surface area contributed by atoms with Crippen molar-refractivity contribution >= 4 is 5.91 Å². The van der Waals surface area contributed by atoms with Crippen molar-refractivity contribution in [3.8, 4) is 18.2 Å². The summed E-state index contributed by atoms with van der Waals surface area (Å²) >= 11 is 0. The average molecular weight is 234 g/mol. The molecule has 0 rings (SSSR count). The van der Waals surface area contributed by atoms with E-state index in [9.17, 15) is 4.79 Å². The summed E-state index contributed by atoms with van der Waals surface area (Å²) in [6.45, 7) is 1.91. The van der Waals surface area contributed by atoms with E-state index in [2.05, 4.69) is 0 Å². The molecule has 92 valence electrons. The number of carbonyl (C=O) groups is 1. The summed E-state index contributed by atoms with van der Waals surface area (Å²) in [6, 6.07) is 5.86. The Morgan fingerprint density at radius 3 is 1.82 bits per heavy atom. The molecule has 5 nitrogen and oxygen atoms in total. The number of hydrogen-bond donors (Lipinski definition) is 1. The van der Waals surface area contributed by atoms with Gasteiger partial charge in [0.25, 0.3) is 0 Å². The van der Waals surface area contributed by atoms with Crippen LogP contribution in [0.3, 0.4) is 0 Å². The fourth-order valence-electron chi connectivity index (χ4n) is 0.967. The first-order valence-electron chi connectivity index (χ1n) is 5.56. The molecule has 0 aromatic carbocycles. The number of carbonyl (C=O) groups excluding carboxylic acids is 1. The highest BCUT2D eigenvalue weighted by Gasteiger charge is 2.11. The minimum atomic E-state index is -0.588. The zero-order chi connectivity index (χ0) is 13.5. The Morgan fingerprint density at radius 1 is 1.18 bits per heavy atom. The van der Waals surface area contributed by atoms with Gasteiger partial charge in [-0.1, -0.05) is 13.3 Å². The lowest BCUT2D eigenvalue weighted by Crippen LogP contribution is -2.21. The minimum Gasteiger partial charge on any atom is -0.369 e. The van der Waals surface area contributed by atoms with Crippen molar-refractivity contribution in [1.82, 2.24) is 0 Å². The third kappa shape index (κ3) is 13.9. The lowest BCUT2D eigenvalue weighted by Gasteiger charge is -1.98. The molecule has 5 heteroatoms. The second-order valence-corrected chi connectivity index (χ2v) is 3.40. The molecule has 2 N–H and O–H groups in total. The normalized spacial score (nSPS) is 9.76. The van der Waals surface area contributed by atoms with Crippen molar-refractivity contribution in [3.63, 3.8) is 0 Å². The third-order valence-electron chi connectivity index (χ3n) is 1.90. The van der Waals surface area contributed by atoms with Crippen LogP contribution >= 0.6 is 0 Å². The maximum Gasteiger partial charge on any atom is 0.234 e. The van der Waals surface area contributed by atoms with Gasteiger partial charge in [0.1, 0.15) is 5.92 Å². The standard InChI is InChI=1S/C6H10N2O.C6H8N2/c1-2-3-5(4-7)6(8)9;7-5-3-1-2-4-6-8/h5H,2-3H2,1H3,(H2,8,9);1-4H2. The molecule has 0 heterocycles. The van der Waals surface area contributed by atoms with Crippen LogP contribution in [0.4, 0.5) is 0 Å². The molecular weight excluding hydrogens is 216 g/mol. The van der Waals surface area contributed by atoms with Gasteiger partial charge in [-0.2, -0.15) is 15.8 Å². The molecule has 0 aliphatic rings. The zero-order valence-electron chi connectivity index (χ0n) is 10.1. The van der Waals surface area contributed by atoms with E-state index in [1.807, 2.05) is 25.1 Å². The molecule has 0 aromatic rings. The number of amides is 1. The van der Waals surface area contributed by atoms with Gasteiger partial charge in [-0.3, -0.25) is 4.79 Å². The van der Waals surface area contributed by atoms with Crippen molar-refractivity contribution in [2.75, 3.05) is 0 Å². The van der Waals surface area contributed by atoms with Crippen LogP contribution in [0.5, 0.6) is 0 Å². The molecule has 0 spiro atoms. The number of rotatable bonds is 6. The Balaban J connectivity index is 0. The second-order valence-electron chi connectivity index (χ2n) is 3.40. The second kappa shape index (κ2) is 13.9. The van der Waals surface area contributed by atoms with Crippen LogP contribution in [0.1, 0.15) is 45.4 Å². The van der Waals surface area contributed by atoms with Crippen LogP contribution in [-0.2, 0) is 4.79 Å². The van der Waals surface area contributed by atoms with E-state index >= 15 is 0 Å². The maximum atomic E-state index is 10.3. The highest BCUT2D eigenvalue weighted by Crippen LogP contribution is 2.02. The first-order chi connectivity index (χ1) is 8.13. The van der Waals surface area contributed by atoms with Gasteiger partial charge in [-0.25, -0.2) is 0 Å². The summed E-state index contributed by atoms with van der Waals surface area (Å²) in [6.07, 6.45) is 4.30. The van der Waals surface area contributed by atoms with Crippen LogP contribution in [-0.4, -0.2) is 5.91 Å². The van der Waals surface area contributed by atoms with Gasteiger partial charge >= 0.3 is 0 Å². The van der Waals surface area contributed by atoms with Crippen LogP contribution in [0, 0.1) is 39.9 Å². The summed E-state index contributed by atoms with van der Waals surface area (Å²) in [5.41, 5.74) is 4.87. The average Bonchev–Trinajstić information content (AvgIpc) is 2.32. The van der Waals surface area contributed by atoms with Gasteiger partial charge in [0.05, 0.1) is 18.2 Å². The Kier molecular flexibility index (Phi) is 14.2. The van der Waals surface area contributed by atoms with Crippen LogP contribution in [0.25, 0.3) is 0 Å². The van der Waals surface area contributed by atoms with Crippen molar-refractivity contribution in [3.05, 3.63) is 0 Å². The van der Waals surface area contributed by atoms with E-state index in [-0.39, 0.29) is 0 Å².